The molecule has 0 bridgehead atoms. The number of carbonyl (C=O) groups is 2. The summed E-state index contributed by atoms with van der Waals surface area (Å²) in [4.78, 5) is 28.0. The Labute approximate surface area is 183 Å². The van der Waals surface area contributed by atoms with Crippen LogP contribution in [0.2, 0.25) is 0 Å². The Morgan fingerprint density at radius 2 is 1.90 bits per heavy atom. The SMILES string of the molecule is CCCN(CCC)C(=O)CC1CCN(c2cccc(COC(=O)NC(=N)N)c2F)CC1. The van der Waals surface area contributed by atoms with Gasteiger partial charge in [-0.05, 0) is 37.7 Å². The van der Waals surface area contributed by atoms with E-state index in [1.165, 1.54) is 0 Å². The van der Waals surface area contributed by atoms with Gasteiger partial charge in [0, 0.05) is 38.2 Å². The van der Waals surface area contributed by atoms with Crippen molar-refractivity contribution in [1.82, 2.24) is 10.2 Å². The van der Waals surface area contributed by atoms with Crippen molar-refractivity contribution in [2.24, 2.45) is 11.7 Å². The van der Waals surface area contributed by atoms with Gasteiger partial charge in [0.25, 0.3) is 0 Å². The Kier molecular flexibility index (Phi) is 9.55. The summed E-state index contributed by atoms with van der Waals surface area (Å²) in [6, 6.07) is 4.99. The van der Waals surface area contributed by atoms with Crippen LogP contribution >= 0.6 is 0 Å². The van der Waals surface area contributed by atoms with Gasteiger partial charge >= 0.3 is 6.09 Å². The zero-order valence-corrected chi connectivity index (χ0v) is 18.5. The molecule has 1 aliphatic heterocycles. The van der Waals surface area contributed by atoms with Crippen LogP contribution in [0.15, 0.2) is 18.2 Å². The van der Waals surface area contributed by atoms with E-state index in [2.05, 4.69) is 13.8 Å². The molecule has 172 valence electrons. The molecule has 1 aromatic rings. The highest BCUT2D eigenvalue weighted by atomic mass is 19.1. The van der Waals surface area contributed by atoms with Gasteiger partial charge in [-0.25, -0.2) is 9.18 Å². The van der Waals surface area contributed by atoms with Crippen LogP contribution in [0.1, 0.15) is 51.5 Å². The zero-order chi connectivity index (χ0) is 22.8. The van der Waals surface area contributed by atoms with Crippen LogP contribution < -0.4 is 16.0 Å². The first-order valence-electron chi connectivity index (χ1n) is 10.9. The van der Waals surface area contributed by atoms with Gasteiger partial charge < -0.3 is 20.3 Å². The summed E-state index contributed by atoms with van der Waals surface area (Å²) in [5.41, 5.74) is 5.79. The van der Waals surface area contributed by atoms with Crippen molar-refractivity contribution in [3.8, 4) is 0 Å². The molecule has 0 spiro atoms. The maximum Gasteiger partial charge on any atom is 0.414 e. The van der Waals surface area contributed by atoms with Crippen LogP contribution in [0.4, 0.5) is 14.9 Å². The number of nitrogens with two attached hydrogens (primary N) is 1. The average Bonchev–Trinajstić information content (AvgIpc) is 2.73. The van der Waals surface area contributed by atoms with E-state index in [0.717, 1.165) is 38.8 Å². The second kappa shape index (κ2) is 12.1. The lowest BCUT2D eigenvalue weighted by Gasteiger charge is -2.34. The molecule has 8 nitrogen and oxygen atoms in total. The third-order valence-electron chi connectivity index (χ3n) is 5.41. The second-order valence-corrected chi connectivity index (χ2v) is 7.88. The summed E-state index contributed by atoms with van der Waals surface area (Å²) in [5.74, 6) is -0.432. The first-order chi connectivity index (χ1) is 14.8. The summed E-state index contributed by atoms with van der Waals surface area (Å²) >= 11 is 0. The lowest BCUT2D eigenvalue weighted by atomic mass is 9.92. The number of piperidine rings is 1. The minimum absolute atomic E-state index is 0.219. The molecule has 4 N–H and O–H groups in total. The van der Waals surface area contributed by atoms with Gasteiger partial charge in [0.05, 0.1) is 5.69 Å². The Bertz CT molecular complexity index is 760. The fourth-order valence-corrected chi connectivity index (χ4v) is 3.87. The normalized spacial score (nSPS) is 14.2. The van der Waals surface area contributed by atoms with Crippen molar-refractivity contribution in [2.75, 3.05) is 31.1 Å². The van der Waals surface area contributed by atoms with E-state index >= 15 is 0 Å². The number of benzene rings is 1. The van der Waals surface area contributed by atoms with E-state index in [1.54, 1.807) is 18.2 Å². The van der Waals surface area contributed by atoms with Crippen LogP contribution in [-0.2, 0) is 16.1 Å². The smallest absolute Gasteiger partial charge is 0.414 e. The van der Waals surface area contributed by atoms with E-state index in [0.29, 0.717) is 31.1 Å². The van der Waals surface area contributed by atoms with Gasteiger partial charge in [0.2, 0.25) is 5.91 Å². The van der Waals surface area contributed by atoms with Gasteiger partial charge in [-0.3, -0.25) is 15.5 Å². The molecule has 31 heavy (non-hydrogen) atoms. The number of amides is 2. The number of nitrogens with one attached hydrogen (secondary N) is 2. The number of halogens is 1. The van der Waals surface area contributed by atoms with Crippen LogP contribution in [0.25, 0.3) is 0 Å². The fraction of sp³-hybridized carbons (Fsp3) is 0.591. The maximum atomic E-state index is 15.0. The predicted octanol–water partition coefficient (Wildman–Crippen LogP) is 3.20. The van der Waals surface area contributed by atoms with Crippen LogP contribution in [0, 0.1) is 17.1 Å². The number of nitrogens with zero attached hydrogens (tertiary/aromatic N) is 2. The molecule has 0 aliphatic carbocycles. The monoisotopic (exact) mass is 435 g/mol. The number of guanidine groups is 1. The van der Waals surface area contributed by atoms with Crippen molar-refractivity contribution >= 4 is 23.6 Å². The van der Waals surface area contributed by atoms with Crippen LogP contribution in [-0.4, -0.2) is 49.0 Å². The minimum atomic E-state index is -0.900. The van der Waals surface area contributed by atoms with E-state index in [-0.39, 0.29) is 18.1 Å². The topological polar surface area (TPSA) is 112 Å². The molecule has 9 heteroatoms. The molecule has 1 fully saturated rings. The molecular weight excluding hydrogens is 401 g/mol. The Hall–Kier alpha value is -2.84. The summed E-state index contributed by atoms with van der Waals surface area (Å²) in [5, 5.41) is 8.99. The van der Waals surface area contributed by atoms with E-state index in [4.69, 9.17) is 15.9 Å². The first kappa shape index (κ1) is 24.4. The van der Waals surface area contributed by atoms with Crippen LogP contribution in [0.5, 0.6) is 0 Å². The predicted molar refractivity (Wildman–Crippen MR) is 118 cm³/mol. The number of rotatable bonds is 9. The highest BCUT2D eigenvalue weighted by Crippen LogP contribution is 2.29. The van der Waals surface area contributed by atoms with E-state index < -0.39 is 17.9 Å². The van der Waals surface area contributed by atoms with E-state index in [1.807, 2.05) is 15.1 Å². The Balaban J connectivity index is 1.91. The fourth-order valence-electron chi connectivity index (χ4n) is 3.87. The van der Waals surface area contributed by atoms with Gasteiger partial charge in [-0.1, -0.05) is 26.0 Å². The standard InChI is InChI=1S/C22H34FN5O3/c1-3-10-28(11-4-2)19(29)14-16-8-12-27(13-9-16)18-7-5-6-17(20(18)23)15-31-22(30)26-21(24)25/h5-7,16H,3-4,8-15H2,1-2H3,(H4,24,25,26,30). The highest BCUT2D eigenvalue weighted by Gasteiger charge is 2.25. The lowest BCUT2D eigenvalue weighted by molar-refractivity contribution is -0.132. The van der Waals surface area contributed by atoms with Crippen molar-refractivity contribution in [1.29, 1.82) is 5.41 Å². The Morgan fingerprint density at radius 1 is 1.26 bits per heavy atom. The molecule has 0 unspecified atom stereocenters. The molecular formula is C22H34FN5O3. The molecule has 0 atom stereocenters. The summed E-state index contributed by atoms with van der Waals surface area (Å²) in [6.07, 6.45) is 3.23. The third-order valence-corrected chi connectivity index (χ3v) is 5.41. The van der Waals surface area contributed by atoms with Crippen molar-refractivity contribution < 1.29 is 18.7 Å². The molecule has 1 saturated heterocycles. The highest BCUT2D eigenvalue weighted by molar-refractivity contribution is 5.90. The minimum Gasteiger partial charge on any atom is -0.444 e. The van der Waals surface area contributed by atoms with Crippen LogP contribution in [0.3, 0.4) is 0 Å². The zero-order valence-electron chi connectivity index (χ0n) is 18.5. The molecule has 0 aromatic heterocycles. The molecule has 0 radical (unpaired) electrons. The van der Waals surface area contributed by atoms with Crippen molar-refractivity contribution in [3.63, 3.8) is 0 Å². The number of anilines is 1. The summed E-state index contributed by atoms with van der Waals surface area (Å²) in [6.45, 7) is 6.85. The quantitative estimate of drug-likeness (QED) is 0.407. The van der Waals surface area contributed by atoms with Crippen molar-refractivity contribution in [3.05, 3.63) is 29.6 Å². The van der Waals surface area contributed by atoms with Crippen molar-refractivity contribution in [2.45, 2.75) is 52.6 Å². The number of ether oxygens (including phenoxy) is 1. The van der Waals surface area contributed by atoms with E-state index in [9.17, 15) is 14.0 Å². The summed E-state index contributed by atoms with van der Waals surface area (Å²) in [7, 11) is 0. The lowest BCUT2D eigenvalue weighted by Crippen LogP contribution is -2.38. The first-order valence-corrected chi connectivity index (χ1v) is 10.9. The molecule has 0 saturated carbocycles. The molecule has 2 rings (SSSR count). The molecule has 2 amide bonds. The van der Waals surface area contributed by atoms with Gasteiger partial charge in [-0.2, -0.15) is 0 Å². The molecule has 1 heterocycles. The van der Waals surface area contributed by atoms with Gasteiger partial charge in [0.1, 0.15) is 6.61 Å². The second-order valence-electron chi connectivity index (χ2n) is 7.88. The summed E-state index contributed by atoms with van der Waals surface area (Å²) < 4.78 is 19.9. The molecule has 1 aromatic carbocycles. The average molecular weight is 436 g/mol. The number of hydrogen-bond donors (Lipinski definition) is 3. The largest absolute Gasteiger partial charge is 0.444 e. The Morgan fingerprint density at radius 3 is 2.48 bits per heavy atom. The number of carbonyl (C=O) groups excluding carboxylic acids is 2. The van der Waals surface area contributed by atoms with Gasteiger partial charge in [0.15, 0.2) is 11.8 Å². The third kappa shape index (κ3) is 7.41. The van der Waals surface area contributed by atoms with Gasteiger partial charge in [-0.15, -0.1) is 0 Å². The maximum absolute atomic E-state index is 15.0. The number of hydrogen-bond acceptors (Lipinski definition) is 5. The molecule has 1 aliphatic rings. The number of alkyl carbamates (subject to hydrolysis) is 1.